The number of amidine groups is 1. The summed E-state index contributed by atoms with van der Waals surface area (Å²) in [5.74, 6) is 0.836. The Bertz CT molecular complexity index is 382. The highest BCUT2D eigenvalue weighted by atomic mass is 79.9. The Morgan fingerprint density at radius 2 is 2.06 bits per heavy atom. The molecule has 1 rings (SSSR count). The molecular weight excluding hydrogens is 278 g/mol. The van der Waals surface area contributed by atoms with Crippen LogP contribution in [-0.4, -0.2) is 32.2 Å². The lowest BCUT2D eigenvalue weighted by Gasteiger charge is -2.04. The number of halogens is 1. The molecule has 0 aromatic heterocycles. The topological polar surface area (TPSA) is 36.8 Å². The van der Waals surface area contributed by atoms with E-state index in [0.717, 1.165) is 29.8 Å². The minimum Gasteiger partial charge on any atom is -0.310 e. The quantitative estimate of drug-likeness (QED) is 0.506. The third-order valence-corrected chi connectivity index (χ3v) is 2.85. The first-order valence-corrected chi connectivity index (χ1v) is 6.45. The van der Waals surface area contributed by atoms with Crippen LogP contribution in [0.5, 0.6) is 0 Å². The van der Waals surface area contributed by atoms with Gasteiger partial charge in [0.15, 0.2) is 0 Å². The summed E-state index contributed by atoms with van der Waals surface area (Å²) in [6.45, 7) is 3.55. The number of hydrogen-bond acceptors (Lipinski definition) is 2. The number of nitrogens with zero attached hydrogens (tertiary/aromatic N) is 2. The fourth-order valence-electron chi connectivity index (χ4n) is 1.42. The number of nitrogens with one attached hydrogen (secondary N) is 1. The van der Waals surface area contributed by atoms with E-state index in [4.69, 9.17) is 0 Å². The monoisotopic (exact) mass is 295 g/mol. The average Bonchev–Trinajstić information content (AvgIpc) is 2.35. The van der Waals surface area contributed by atoms with E-state index in [-0.39, 0.29) is 0 Å². The first kappa shape index (κ1) is 14.1. The zero-order valence-corrected chi connectivity index (χ0v) is 11.9. The molecule has 1 aromatic carbocycles. The van der Waals surface area contributed by atoms with Crippen molar-refractivity contribution >= 4 is 28.0 Å². The number of aliphatic imine (C=N–C) groups is 2. The van der Waals surface area contributed by atoms with Gasteiger partial charge < -0.3 is 5.32 Å². The van der Waals surface area contributed by atoms with Gasteiger partial charge in [-0.3, -0.25) is 4.99 Å². The highest BCUT2D eigenvalue weighted by molar-refractivity contribution is 9.10. The van der Waals surface area contributed by atoms with Gasteiger partial charge in [0.25, 0.3) is 0 Å². The van der Waals surface area contributed by atoms with Crippen LogP contribution < -0.4 is 5.32 Å². The van der Waals surface area contributed by atoms with E-state index in [2.05, 4.69) is 55.5 Å². The third-order valence-electron chi connectivity index (χ3n) is 2.32. The van der Waals surface area contributed by atoms with Crippen LogP contribution in [0.15, 0.2) is 38.7 Å². The van der Waals surface area contributed by atoms with Crippen molar-refractivity contribution < 1.29 is 0 Å². The van der Waals surface area contributed by atoms with Gasteiger partial charge in [0.1, 0.15) is 5.84 Å². The SMILES string of the molecule is C/C=N\C(CNCCc1ccc(Br)cc1)=N/C. The fourth-order valence-corrected chi connectivity index (χ4v) is 1.68. The van der Waals surface area contributed by atoms with Gasteiger partial charge in [-0.2, -0.15) is 0 Å². The lowest BCUT2D eigenvalue weighted by molar-refractivity contribution is 0.755. The smallest absolute Gasteiger partial charge is 0.136 e. The Morgan fingerprint density at radius 3 is 2.65 bits per heavy atom. The molecule has 17 heavy (non-hydrogen) atoms. The van der Waals surface area contributed by atoms with Crippen molar-refractivity contribution in [2.75, 3.05) is 20.1 Å². The summed E-state index contributed by atoms with van der Waals surface area (Å²) in [6.07, 6.45) is 2.78. The van der Waals surface area contributed by atoms with Crippen molar-refractivity contribution in [1.82, 2.24) is 5.32 Å². The third kappa shape index (κ3) is 5.75. The molecule has 1 aromatic rings. The standard InChI is InChI=1S/C13H18BrN3/c1-3-17-13(15-2)10-16-9-8-11-4-6-12(14)7-5-11/h3-7,16H,8-10H2,1-2H3/b15-13-,17-3-. The Kier molecular flexibility index (Phi) is 6.74. The van der Waals surface area contributed by atoms with E-state index in [1.165, 1.54) is 5.56 Å². The molecule has 0 unspecified atom stereocenters. The van der Waals surface area contributed by atoms with Gasteiger partial charge in [-0.1, -0.05) is 28.1 Å². The molecule has 0 atom stereocenters. The van der Waals surface area contributed by atoms with E-state index in [9.17, 15) is 0 Å². The Morgan fingerprint density at radius 1 is 1.35 bits per heavy atom. The number of benzene rings is 1. The van der Waals surface area contributed by atoms with E-state index >= 15 is 0 Å². The van der Waals surface area contributed by atoms with Crippen LogP contribution in [0.4, 0.5) is 0 Å². The molecule has 0 spiro atoms. The van der Waals surface area contributed by atoms with E-state index in [0.29, 0.717) is 0 Å². The van der Waals surface area contributed by atoms with Gasteiger partial charge in [-0.15, -0.1) is 0 Å². The van der Waals surface area contributed by atoms with E-state index in [1.807, 2.05) is 6.92 Å². The highest BCUT2D eigenvalue weighted by Gasteiger charge is 1.95. The maximum absolute atomic E-state index is 4.16. The zero-order valence-electron chi connectivity index (χ0n) is 10.3. The van der Waals surface area contributed by atoms with Crippen molar-refractivity contribution in [3.63, 3.8) is 0 Å². The van der Waals surface area contributed by atoms with Crippen LogP contribution in [0.2, 0.25) is 0 Å². The minimum atomic E-state index is 0.720. The van der Waals surface area contributed by atoms with Gasteiger partial charge in [0, 0.05) is 17.7 Å². The van der Waals surface area contributed by atoms with E-state index in [1.54, 1.807) is 13.3 Å². The van der Waals surface area contributed by atoms with Crippen LogP contribution in [-0.2, 0) is 6.42 Å². The summed E-state index contributed by atoms with van der Waals surface area (Å²) in [4.78, 5) is 8.24. The largest absolute Gasteiger partial charge is 0.310 e. The van der Waals surface area contributed by atoms with Gasteiger partial charge in [0.2, 0.25) is 0 Å². The molecule has 0 fully saturated rings. The molecule has 0 saturated carbocycles. The molecule has 0 bridgehead atoms. The molecule has 0 amide bonds. The second kappa shape index (κ2) is 8.14. The lowest BCUT2D eigenvalue weighted by Crippen LogP contribution is -2.24. The first-order chi connectivity index (χ1) is 8.26. The van der Waals surface area contributed by atoms with Crippen LogP contribution in [0.1, 0.15) is 12.5 Å². The summed E-state index contributed by atoms with van der Waals surface area (Å²) in [5.41, 5.74) is 1.33. The number of rotatable bonds is 5. The van der Waals surface area contributed by atoms with Gasteiger partial charge in [-0.25, -0.2) is 4.99 Å². The van der Waals surface area contributed by atoms with Crippen LogP contribution in [0.25, 0.3) is 0 Å². The second-order valence-corrected chi connectivity index (χ2v) is 4.50. The second-order valence-electron chi connectivity index (χ2n) is 3.58. The predicted molar refractivity (Wildman–Crippen MR) is 78.2 cm³/mol. The summed E-state index contributed by atoms with van der Waals surface area (Å²) in [7, 11) is 1.76. The van der Waals surface area contributed by atoms with Crippen molar-refractivity contribution in [2.45, 2.75) is 13.3 Å². The van der Waals surface area contributed by atoms with Gasteiger partial charge in [-0.05, 0) is 37.6 Å². The van der Waals surface area contributed by atoms with Crippen molar-refractivity contribution in [1.29, 1.82) is 0 Å². The zero-order chi connectivity index (χ0) is 12.5. The number of hydrogen-bond donors (Lipinski definition) is 1. The first-order valence-electron chi connectivity index (χ1n) is 5.65. The van der Waals surface area contributed by atoms with Crippen LogP contribution in [0.3, 0.4) is 0 Å². The molecule has 0 saturated heterocycles. The molecule has 0 aliphatic rings. The Balaban J connectivity index is 2.26. The molecule has 92 valence electrons. The summed E-state index contributed by atoms with van der Waals surface area (Å²) >= 11 is 3.43. The average molecular weight is 296 g/mol. The predicted octanol–water partition coefficient (Wildman–Crippen LogP) is 2.70. The summed E-state index contributed by atoms with van der Waals surface area (Å²) in [5, 5.41) is 3.33. The van der Waals surface area contributed by atoms with Crippen molar-refractivity contribution in [3.8, 4) is 0 Å². The molecule has 3 nitrogen and oxygen atoms in total. The lowest BCUT2D eigenvalue weighted by atomic mass is 10.1. The molecular formula is C13H18BrN3. The Labute approximate surface area is 111 Å². The van der Waals surface area contributed by atoms with E-state index < -0.39 is 0 Å². The molecule has 0 aliphatic heterocycles. The maximum atomic E-state index is 4.16. The molecule has 0 heterocycles. The van der Waals surface area contributed by atoms with Crippen LogP contribution in [0, 0.1) is 0 Å². The molecule has 1 N–H and O–H groups in total. The molecule has 4 heteroatoms. The van der Waals surface area contributed by atoms with Gasteiger partial charge in [0.05, 0.1) is 6.54 Å². The fraction of sp³-hybridized carbons (Fsp3) is 0.385. The van der Waals surface area contributed by atoms with Crippen molar-refractivity contribution in [3.05, 3.63) is 34.3 Å². The maximum Gasteiger partial charge on any atom is 0.136 e. The summed E-state index contributed by atoms with van der Waals surface area (Å²) in [6, 6.07) is 8.39. The highest BCUT2D eigenvalue weighted by Crippen LogP contribution is 2.10. The van der Waals surface area contributed by atoms with Gasteiger partial charge >= 0.3 is 0 Å². The normalized spacial score (nSPS) is 12.3. The van der Waals surface area contributed by atoms with Crippen molar-refractivity contribution in [2.24, 2.45) is 9.98 Å². The van der Waals surface area contributed by atoms with Crippen LogP contribution >= 0.6 is 15.9 Å². The molecule has 0 aliphatic carbocycles. The molecule has 0 radical (unpaired) electrons. The minimum absolute atomic E-state index is 0.720. The summed E-state index contributed by atoms with van der Waals surface area (Å²) < 4.78 is 1.12. The Hall–Kier alpha value is -1.00.